The first-order valence-electron chi connectivity index (χ1n) is 5.61. The van der Waals surface area contributed by atoms with Crippen LogP contribution in [-0.4, -0.2) is 31.9 Å². The van der Waals surface area contributed by atoms with Gasteiger partial charge in [-0.05, 0) is 24.5 Å². The van der Waals surface area contributed by atoms with Gasteiger partial charge < -0.3 is 10.8 Å². The molecule has 2 atom stereocenters. The Hall–Kier alpha value is -0.910. The van der Waals surface area contributed by atoms with Crippen molar-refractivity contribution in [1.82, 2.24) is 0 Å². The van der Waals surface area contributed by atoms with Gasteiger partial charge in [-0.25, -0.2) is 8.42 Å². The van der Waals surface area contributed by atoms with Crippen LogP contribution in [0.25, 0.3) is 0 Å². The molecule has 0 spiro atoms. The Morgan fingerprint density at radius 2 is 1.88 bits per heavy atom. The van der Waals surface area contributed by atoms with E-state index in [0.29, 0.717) is 11.3 Å². The van der Waals surface area contributed by atoms with E-state index in [-0.39, 0.29) is 18.2 Å². The van der Waals surface area contributed by atoms with E-state index in [1.807, 2.05) is 0 Å². The molecule has 1 rings (SSSR count). The number of benzene rings is 1. The maximum Gasteiger partial charge on any atom is 0.178 e. The van der Waals surface area contributed by atoms with Crippen LogP contribution in [0.1, 0.15) is 13.3 Å². The van der Waals surface area contributed by atoms with Crippen molar-refractivity contribution in [3.8, 4) is 0 Å². The van der Waals surface area contributed by atoms with Crippen LogP contribution < -0.4 is 5.73 Å². The van der Waals surface area contributed by atoms with Gasteiger partial charge in [-0.3, -0.25) is 0 Å². The van der Waals surface area contributed by atoms with Gasteiger partial charge in [-0.15, -0.1) is 0 Å². The summed E-state index contributed by atoms with van der Waals surface area (Å²) >= 11 is 0. The van der Waals surface area contributed by atoms with Crippen molar-refractivity contribution in [2.45, 2.75) is 24.3 Å². The monoisotopic (exact) mass is 257 g/mol. The maximum absolute atomic E-state index is 12.0. The summed E-state index contributed by atoms with van der Waals surface area (Å²) in [5.41, 5.74) is 5.30. The molecule has 0 fully saturated rings. The topological polar surface area (TPSA) is 80.4 Å². The van der Waals surface area contributed by atoms with Gasteiger partial charge >= 0.3 is 0 Å². The van der Waals surface area contributed by atoms with Crippen LogP contribution in [0.5, 0.6) is 0 Å². The fraction of sp³-hybridized carbons (Fsp3) is 0.500. The molecule has 0 saturated carbocycles. The van der Waals surface area contributed by atoms with Gasteiger partial charge in [0, 0.05) is 6.54 Å². The fourth-order valence-corrected chi connectivity index (χ4v) is 3.38. The minimum Gasteiger partial charge on any atom is -0.392 e. The predicted octanol–water partition coefficient (Wildman–Crippen LogP) is 0.806. The van der Waals surface area contributed by atoms with Crippen molar-refractivity contribution >= 4 is 9.84 Å². The Morgan fingerprint density at radius 3 is 2.41 bits per heavy atom. The number of aliphatic hydroxyl groups excluding tert-OH is 1. The van der Waals surface area contributed by atoms with Gasteiger partial charge in [0.05, 0.1) is 16.8 Å². The van der Waals surface area contributed by atoms with Crippen LogP contribution in [-0.2, 0) is 9.84 Å². The van der Waals surface area contributed by atoms with Crippen LogP contribution >= 0.6 is 0 Å². The minimum absolute atomic E-state index is 0.0358. The van der Waals surface area contributed by atoms with Crippen LogP contribution in [0.4, 0.5) is 0 Å². The summed E-state index contributed by atoms with van der Waals surface area (Å²) in [6, 6.07) is 8.35. The SMILES string of the molecule is C[C@@H](C[C@@H](O)CN)CS(=O)(=O)c1ccccc1. The van der Waals surface area contributed by atoms with E-state index in [1.54, 1.807) is 37.3 Å². The smallest absolute Gasteiger partial charge is 0.178 e. The standard InChI is InChI=1S/C12H19NO3S/c1-10(7-11(14)8-13)9-17(15,16)12-5-3-2-4-6-12/h2-6,10-11,14H,7-9,13H2,1H3/t10-,11+/m0/s1. The molecule has 0 aliphatic heterocycles. The summed E-state index contributed by atoms with van der Waals surface area (Å²) in [4.78, 5) is 0.328. The normalized spacial score (nSPS) is 15.5. The highest BCUT2D eigenvalue weighted by atomic mass is 32.2. The molecule has 1 aromatic carbocycles. The van der Waals surface area contributed by atoms with Gasteiger partial charge in [0.2, 0.25) is 0 Å². The number of nitrogens with two attached hydrogens (primary N) is 1. The van der Waals surface area contributed by atoms with Crippen LogP contribution in [0, 0.1) is 5.92 Å². The maximum atomic E-state index is 12.0. The lowest BCUT2D eigenvalue weighted by molar-refractivity contribution is 0.157. The van der Waals surface area contributed by atoms with Gasteiger partial charge in [-0.2, -0.15) is 0 Å². The molecule has 96 valence electrons. The molecule has 0 unspecified atom stereocenters. The first-order valence-corrected chi connectivity index (χ1v) is 7.27. The molecule has 3 N–H and O–H groups in total. The molecular formula is C12H19NO3S. The zero-order valence-electron chi connectivity index (χ0n) is 9.91. The predicted molar refractivity (Wildman–Crippen MR) is 67.3 cm³/mol. The molecule has 5 heteroatoms. The summed E-state index contributed by atoms with van der Waals surface area (Å²) in [5, 5.41) is 9.38. The number of hydrogen-bond acceptors (Lipinski definition) is 4. The highest BCUT2D eigenvalue weighted by Crippen LogP contribution is 2.16. The third-order valence-corrected chi connectivity index (χ3v) is 4.55. The zero-order valence-corrected chi connectivity index (χ0v) is 10.7. The van der Waals surface area contributed by atoms with E-state index >= 15 is 0 Å². The van der Waals surface area contributed by atoms with E-state index in [4.69, 9.17) is 5.73 Å². The Kier molecular flexibility index (Phi) is 5.11. The first kappa shape index (κ1) is 14.2. The second kappa shape index (κ2) is 6.14. The molecule has 17 heavy (non-hydrogen) atoms. The van der Waals surface area contributed by atoms with Crippen molar-refractivity contribution in [1.29, 1.82) is 0 Å². The van der Waals surface area contributed by atoms with E-state index in [9.17, 15) is 13.5 Å². The minimum atomic E-state index is -3.27. The Morgan fingerprint density at radius 1 is 1.29 bits per heavy atom. The third kappa shape index (κ3) is 4.46. The van der Waals surface area contributed by atoms with E-state index in [2.05, 4.69) is 0 Å². The number of rotatable bonds is 6. The lowest BCUT2D eigenvalue weighted by Gasteiger charge is -2.15. The third-order valence-electron chi connectivity index (χ3n) is 2.55. The fourth-order valence-electron chi connectivity index (χ4n) is 1.73. The van der Waals surface area contributed by atoms with Crippen molar-refractivity contribution < 1.29 is 13.5 Å². The van der Waals surface area contributed by atoms with Crippen molar-refractivity contribution in [2.24, 2.45) is 11.7 Å². The van der Waals surface area contributed by atoms with E-state index < -0.39 is 15.9 Å². The number of aliphatic hydroxyl groups is 1. The van der Waals surface area contributed by atoms with E-state index in [0.717, 1.165) is 0 Å². The largest absolute Gasteiger partial charge is 0.392 e. The molecule has 0 aliphatic rings. The average molecular weight is 257 g/mol. The van der Waals surface area contributed by atoms with Crippen LogP contribution in [0.15, 0.2) is 35.2 Å². The van der Waals surface area contributed by atoms with Gasteiger partial charge in [0.15, 0.2) is 9.84 Å². The quantitative estimate of drug-likeness (QED) is 0.790. The molecule has 0 bridgehead atoms. The molecule has 0 heterocycles. The zero-order chi connectivity index (χ0) is 12.9. The highest BCUT2D eigenvalue weighted by Gasteiger charge is 2.19. The molecule has 1 aromatic rings. The summed E-state index contributed by atoms with van der Waals surface area (Å²) in [7, 11) is -3.27. The van der Waals surface area contributed by atoms with Crippen LogP contribution in [0.2, 0.25) is 0 Å². The second-order valence-corrected chi connectivity index (χ2v) is 6.36. The lowest BCUT2D eigenvalue weighted by atomic mass is 10.1. The van der Waals surface area contributed by atoms with Crippen LogP contribution in [0.3, 0.4) is 0 Å². The lowest BCUT2D eigenvalue weighted by Crippen LogP contribution is -2.25. The molecule has 0 aliphatic carbocycles. The molecule has 0 amide bonds. The van der Waals surface area contributed by atoms with Gasteiger partial charge in [0.1, 0.15) is 0 Å². The number of hydrogen-bond donors (Lipinski definition) is 2. The Balaban J connectivity index is 2.68. The highest BCUT2D eigenvalue weighted by molar-refractivity contribution is 7.91. The van der Waals surface area contributed by atoms with Crippen molar-refractivity contribution in [2.75, 3.05) is 12.3 Å². The van der Waals surface area contributed by atoms with E-state index in [1.165, 1.54) is 0 Å². The molecular weight excluding hydrogens is 238 g/mol. The first-order chi connectivity index (χ1) is 7.95. The van der Waals surface area contributed by atoms with Gasteiger partial charge in [0.25, 0.3) is 0 Å². The van der Waals surface area contributed by atoms with Crippen molar-refractivity contribution in [3.63, 3.8) is 0 Å². The van der Waals surface area contributed by atoms with Gasteiger partial charge in [-0.1, -0.05) is 25.1 Å². The molecule has 0 saturated heterocycles. The molecule has 4 nitrogen and oxygen atoms in total. The second-order valence-electron chi connectivity index (χ2n) is 4.32. The summed E-state index contributed by atoms with van der Waals surface area (Å²) in [6.45, 7) is 1.97. The summed E-state index contributed by atoms with van der Waals surface area (Å²) in [5.74, 6) is -0.0765. The summed E-state index contributed by atoms with van der Waals surface area (Å²) < 4.78 is 24.0. The molecule has 0 aromatic heterocycles. The number of sulfone groups is 1. The summed E-state index contributed by atoms with van der Waals surface area (Å²) in [6.07, 6.45) is -0.223. The Bertz CT molecular complexity index is 430. The van der Waals surface area contributed by atoms with Crippen molar-refractivity contribution in [3.05, 3.63) is 30.3 Å². The molecule has 0 radical (unpaired) electrons. The average Bonchev–Trinajstić information content (AvgIpc) is 2.29. The Labute approximate surface area is 102 Å².